The first-order valence-corrected chi connectivity index (χ1v) is 11.8. The first-order chi connectivity index (χ1) is 16.6. The van der Waals surface area contributed by atoms with Crippen molar-refractivity contribution in [2.45, 2.75) is 46.3 Å². The van der Waals surface area contributed by atoms with E-state index in [1.807, 2.05) is 51.4 Å². The molecule has 8 nitrogen and oxygen atoms in total. The molecule has 0 heterocycles. The topological polar surface area (TPSA) is 90.9 Å². The minimum absolute atomic E-state index is 0.0250. The third kappa shape index (κ3) is 7.82. The fourth-order valence-electron chi connectivity index (χ4n) is 3.91. The van der Waals surface area contributed by atoms with Gasteiger partial charge in [0.1, 0.15) is 12.4 Å². The number of hydrogen-bond donors (Lipinski definition) is 1. The monoisotopic (exact) mass is 485 g/mol. The number of nitrogens with one attached hydrogen (secondary N) is 1. The molecular formula is C27H37N2O6+. The van der Waals surface area contributed by atoms with Gasteiger partial charge in [0.25, 0.3) is 5.91 Å². The van der Waals surface area contributed by atoms with Gasteiger partial charge >= 0.3 is 11.9 Å². The first kappa shape index (κ1) is 27.9. The second-order valence-electron chi connectivity index (χ2n) is 8.96. The Balaban J connectivity index is 2.22. The molecule has 2 aromatic carbocycles. The lowest BCUT2D eigenvalue weighted by Gasteiger charge is -2.36. The van der Waals surface area contributed by atoms with Gasteiger partial charge in [-0.15, -0.1) is 0 Å². The van der Waals surface area contributed by atoms with Gasteiger partial charge in [0.05, 0.1) is 39.1 Å². The predicted octanol–water partition coefficient (Wildman–Crippen LogP) is 4.11. The highest BCUT2D eigenvalue weighted by Gasteiger charge is 2.37. The fraction of sp³-hybridized carbons (Fsp3) is 0.444. The van der Waals surface area contributed by atoms with Crippen LogP contribution in [-0.2, 0) is 25.7 Å². The van der Waals surface area contributed by atoms with Crippen LogP contribution in [0.3, 0.4) is 0 Å². The van der Waals surface area contributed by atoms with E-state index in [0.29, 0.717) is 23.4 Å². The van der Waals surface area contributed by atoms with Gasteiger partial charge in [-0.25, -0.2) is 9.59 Å². The van der Waals surface area contributed by atoms with E-state index in [4.69, 9.17) is 14.2 Å². The Bertz CT molecular complexity index is 1020. The number of methoxy groups -OCH3 is 1. The Morgan fingerprint density at radius 3 is 2.31 bits per heavy atom. The van der Waals surface area contributed by atoms with E-state index in [2.05, 4.69) is 5.32 Å². The SMILES string of the molecule is CCCC(C(=O)Nc1c(C)cc(OC)cc1C(=O)OCC)[N+](C)(C)CC(=O)OCc1ccccc1. The van der Waals surface area contributed by atoms with Gasteiger partial charge in [0.15, 0.2) is 12.6 Å². The number of benzene rings is 2. The summed E-state index contributed by atoms with van der Waals surface area (Å²) in [4.78, 5) is 38.7. The number of ether oxygens (including phenoxy) is 3. The van der Waals surface area contributed by atoms with Crippen LogP contribution in [0.15, 0.2) is 42.5 Å². The summed E-state index contributed by atoms with van der Waals surface area (Å²) in [6.07, 6.45) is 1.29. The molecule has 0 aliphatic heterocycles. The Kier molecular flexibility index (Phi) is 10.3. The van der Waals surface area contributed by atoms with Crippen LogP contribution in [0, 0.1) is 6.92 Å². The van der Waals surface area contributed by atoms with Crippen LogP contribution in [0.2, 0.25) is 0 Å². The van der Waals surface area contributed by atoms with Crippen LogP contribution in [0.25, 0.3) is 0 Å². The van der Waals surface area contributed by atoms with Gasteiger partial charge in [0, 0.05) is 6.42 Å². The van der Waals surface area contributed by atoms with Crippen LogP contribution < -0.4 is 10.1 Å². The summed E-state index contributed by atoms with van der Waals surface area (Å²) in [5.74, 6) is -0.729. The zero-order valence-electron chi connectivity index (χ0n) is 21.6. The molecule has 1 unspecified atom stereocenters. The van der Waals surface area contributed by atoms with Crippen molar-refractivity contribution >= 4 is 23.5 Å². The molecule has 0 aliphatic rings. The molecule has 2 rings (SSSR count). The summed E-state index contributed by atoms with van der Waals surface area (Å²) in [5, 5.41) is 2.93. The molecule has 2 aromatic rings. The summed E-state index contributed by atoms with van der Waals surface area (Å²) in [6.45, 7) is 5.90. The number of hydrogen-bond acceptors (Lipinski definition) is 6. The molecule has 0 radical (unpaired) electrons. The van der Waals surface area contributed by atoms with Crippen molar-refractivity contribution in [3.63, 3.8) is 0 Å². The number of carbonyl (C=O) groups excluding carboxylic acids is 3. The molecule has 35 heavy (non-hydrogen) atoms. The number of amides is 1. The van der Waals surface area contributed by atoms with Gasteiger partial charge in [-0.1, -0.05) is 37.3 Å². The van der Waals surface area contributed by atoms with E-state index in [1.165, 1.54) is 7.11 Å². The maximum Gasteiger partial charge on any atom is 0.362 e. The average Bonchev–Trinajstić information content (AvgIpc) is 2.82. The largest absolute Gasteiger partial charge is 0.497 e. The number of likely N-dealkylation sites (N-methyl/N-ethyl adjacent to an activating group) is 1. The molecular weight excluding hydrogens is 448 g/mol. The molecule has 1 N–H and O–H groups in total. The maximum absolute atomic E-state index is 13.5. The lowest BCUT2D eigenvalue weighted by Crippen LogP contribution is -2.57. The lowest BCUT2D eigenvalue weighted by molar-refractivity contribution is -0.899. The van der Waals surface area contributed by atoms with E-state index in [0.717, 1.165) is 12.0 Å². The molecule has 0 saturated carbocycles. The molecule has 0 bridgehead atoms. The smallest absolute Gasteiger partial charge is 0.362 e. The van der Waals surface area contributed by atoms with Crippen molar-refractivity contribution in [2.24, 2.45) is 0 Å². The van der Waals surface area contributed by atoms with Gasteiger partial charge in [-0.05, 0) is 43.5 Å². The molecule has 0 aliphatic carbocycles. The molecule has 0 fully saturated rings. The zero-order valence-corrected chi connectivity index (χ0v) is 21.6. The molecule has 190 valence electrons. The van der Waals surface area contributed by atoms with Crippen molar-refractivity contribution in [2.75, 3.05) is 39.7 Å². The predicted molar refractivity (Wildman–Crippen MR) is 134 cm³/mol. The van der Waals surface area contributed by atoms with Gasteiger partial charge in [-0.3, -0.25) is 4.79 Å². The summed E-state index contributed by atoms with van der Waals surface area (Å²) >= 11 is 0. The zero-order chi connectivity index (χ0) is 26.0. The van der Waals surface area contributed by atoms with Crippen LogP contribution in [-0.4, -0.2) is 62.7 Å². The Morgan fingerprint density at radius 2 is 1.71 bits per heavy atom. The molecule has 1 amide bonds. The Morgan fingerprint density at radius 1 is 1.03 bits per heavy atom. The fourth-order valence-corrected chi connectivity index (χ4v) is 3.91. The second-order valence-corrected chi connectivity index (χ2v) is 8.96. The van der Waals surface area contributed by atoms with Crippen molar-refractivity contribution in [3.05, 3.63) is 59.2 Å². The van der Waals surface area contributed by atoms with E-state index in [-0.39, 0.29) is 41.7 Å². The molecule has 8 heteroatoms. The van der Waals surface area contributed by atoms with E-state index in [9.17, 15) is 14.4 Å². The Labute approximate surface area is 207 Å². The summed E-state index contributed by atoms with van der Waals surface area (Å²) < 4.78 is 16.0. The summed E-state index contributed by atoms with van der Waals surface area (Å²) in [5.41, 5.74) is 2.17. The highest BCUT2D eigenvalue weighted by molar-refractivity contribution is 6.03. The van der Waals surface area contributed by atoms with Gasteiger partial charge in [-0.2, -0.15) is 0 Å². The van der Waals surface area contributed by atoms with E-state index >= 15 is 0 Å². The van der Waals surface area contributed by atoms with Crippen LogP contribution in [0.5, 0.6) is 5.75 Å². The minimum Gasteiger partial charge on any atom is -0.497 e. The van der Waals surface area contributed by atoms with Crippen molar-refractivity contribution in [1.82, 2.24) is 0 Å². The molecule has 0 saturated heterocycles. The number of quaternary nitrogens is 1. The number of rotatable bonds is 12. The highest BCUT2D eigenvalue weighted by atomic mass is 16.5. The third-order valence-electron chi connectivity index (χ3n) is 5.78. The lowest BCUT2D eigenvalue weighted by atomic mass is 10.0. The standard InChI is InChI=1S/C27H36N2O6/c1-7-12-23(29(4,5)17-24(30)35-18-20-13-10-9-11-14-20)26(31)28-25-19(3)15-21(33-6)16-22(25)27(32)34-8-2/h9-11,13-16,23H,7-8,12,17-18H2,1-6H3/p+1. The third-order valence-corrected chi connectivity index (χ3v) is 5.78. The number of nitrogens with zero attached hydrogens (tertiary/aromatic N) is 1. The normalized spacial score (nSPS) is 11.9. The summed E-state index contributed by atoms with van der Waals surface area (Å²) in [6, 6.07) is 12.2. The molecule has 0 aromatic heterocycles. The summed E-state index contributed by atoms with van der Waals surface area (Å²) in [7, 11) is 5.17. The van der Waals surface area contributed by atoms with Crippen LogP contribution >= 0.6 is 0 Å². The van der Waals surface area contributed by atoms with Crippen LogP contribution in [0.4, 0.5) is 5.69 Å². The maximum atomic E-state index is 13.5. The molecule has 0 spiro atoms. The van der Waals surface area contributed by atoms with Crippen molar-refractivity contribution in [1.29, 1.82) is 0 Å². The van der Waals surface area contributed by atoms with E-state index < -0.39 is 12.0 Å². The molecule has 1 atom stereocenters. The van der Waals surface area contributed by atoms with Gasteiger partial charge in [0.2, 0.25) is 0 Å². The first-order valence-electron chi connectivity index (χ1n) is 11.8. The number of esters is 2. The van der Waals surface area contributed by atoms with Crippen molar-refractivity contribution in [3.8, 4) is 5.75 Å². The van der Waals surface area contributed by atoms with Crippen molar-refractivity contribution < 1.29 is 33.1 Å². The number of carbonyl (C=O) groups is 3. The number of aryl methyl sites for hydroxylation is 1. The van der Waals surface area contributed by atoms with Crippen LogP contribution in [0.1, 0.15) is 48.2 Å². The van der Waals surface area contributed by atoms with E-state index in [1.54, 1.807) is 26.0 Å². The average molecular weight is 486 g/mol. The highest BCUT2D eigenvalue weighted by Crippen LogP contribution is 2.29. The number of anilines is 1. The Hall–Kier alpha value is -3.39. The minimum atomic E-state index is -0.546. The second kappa shape index (κ2) is 12.9. The van der Waals surface area contributed by atoms with Gasteiger partial charge < -0.3 is 24.0 Å². The quantitative estimate of drug-likeness (QED) is 0.359.